The summed E-state index contributed by atoms with van der Waals surface area (Å²) in [5, 5.41) is 0. The van der Waals surface area contributed by atoms with Crippen molar-refractivity contribution in [2.24, 2.45) is 5.73 Å². The molecule has 1 unspecified atom stereocenters. The van der Waals surface area contributed by atoms with Gasteiger partial charge in [0.25, 0.3) is 0 Å². The first-order valence-electron chi connectivity index (χ1n) is 7.53. The number of nitrogens with zero attached hydrogens (tertiary/aromatic N) is 1. The first-order chi connectivity index (χ1) is 10.3. The van der Waals surface area contributed by atoms with E-state index in [9.17, 15) is 0 Å². The standard InChI is InChI=1S/C18H22N2O/c19-17-9-10-20(13-17)12-16-7-4-8-18(11-16)21-14-15-5-2-1-3-6-15/h1-8,11,17H,9-10,12-14,19H2. The summed E-state index contributed by atoms with van der Waals surface area (Å²) in [6, 6.07) is 18.9. The highest BCUT2D eigenvalue weighted by Gasteiger charge is 2.18. The van der Waals surface area contributed by atoms with Crippen molar-refractivity contribution in [1.82, 2.24) is 4.90 Å². The molecule has 1 atom stereocenters. The van der Waals surface area contributed by atoms with Crippen molar-refractivity contribution in [3.8, 4) is 5.75 Å². The van der Waals surface area contributed by atoms with Crippen LogP contribution in [-0.2, 0) is 13.2 Å². The van der Waals surface area contributed by atoms with E-state index in [1.165, 1.54) is 11.1 Å². The van der Waals surface area contributed by atoms with E-state index in [1.54, 1.807) is 0 Å². The van der Waals surface area contributed by atoms with E-state index in [-0.39, 0.29) is 0 Å². The van der Waals surface area contributed by atoms with Crippen molar-refractivity contribution < 1.29 is 4.74 Å². The monoisotopic (exact) mass is 282 g/mol. The van der Waals surface area contributed by atoms with Crippen LogP contribution in [0.5, 0.6) is 5.75 Å². The minimum absolute atomic E-state index is 0.336. The van der Waals surface area contributed by atoms with Crippen LogP contribution in [-0.4, -0.2) is 24.0 Å². The zero-order chi connectivity index (χ0) is 14.5. The topological polar surface area (TPSA) is 38.5 Å². The Kier molecular flexibility index (Phi) is 4.53. The fourth-order valence-electron chi connectivity index (χ4n) is 2.74. The van der Waals surface area contributed by atoms with Crippen molar-refractivity contribution in [3.05, 3.63) is 65.7 Å². The molecule has 0 radical (unpaired) electrons. The normalized spacial score (nSPS) is 18.8. The Morgan fingerprint density at radius 1 is 1.05 bits per heavy atom. The second-order valence-electron chi connectivity index (χ2n) is 5.71. The number of benzene rings is 2. The fraction of sp³-hybridized carbons (Fsp3) is 0.333. The second-order valence-corrected chi connectivity index (χ2v) is 5.71. The highest BCUT2D eigenvalue weighted by molar-refractivity contribution is 5.29. The van der Waals surface area contributed by atoms with E-state index in [0.29, 0.717) is 12.6 Å². The van der Waals surface area contributed by atoms with E-state index in [2.05, 4.69) is 35.2 Å². The lowest BCUT2D eigenvalue weighted by Crippen LogP contribution is -2.26. The van der Waals surface area contributed by atoms with Crippen LogP contribution in [0.2, 0.25) is 0 Å². The van der Waals surface area contributed by atoms with Gasteiger partial charge in [-0.3, -0.25) is 4.90 Å². The van der Waals surface area contributed by atoms with Crippen molar-refractivity contribution in [2.45, 2.75) is 25.6 Å². The van der Waals surface area contributed by atoms with Gasteiger partial charge in [-0.1, -0.05) is 42.5 Å². The van der Waals surface area contributed by atoms with Crippen molar-refractivity contribution in [2.75, 3.05) is 13.1 Å². The molecule has 1 aliphatic rings. The predicted molar refractivity (Wildman–Crippen MR) is 85.1 cm³/mol. The number of likely N-dealkylation sites (tertiary alicyclic amines) is 1. The molecule has 0 saturated carbocycles. The number of rotatable bonds is 5. The lowest BCUT2D eigenvalue weighted by molar-refractivity contribution is 0.302. The molecule has 3 nitrogen and oxygen atoms in total. The largest absolute Gasteiger partial charge is 0.489 e. The molecule has 21 heavy (non-hydrogen) atoms. The van der Waals surface area contributed by atoms with Crippen LogP contribution < -0.4 is 10.5 Å². The SMILES string of the molecule is NC1CCN(Cc2cccc(OCc3ccccc3)c2)C1. The van der Waals surface area contributed by atoms with Gasteiger partial charge in [-0.15, -0.1) is 0 Å². The van der Waals surface area contributed by atoms with E-state index >= 15 is 0 Å². The van der Waals surface area contributed by atoms with Gasteiger partial charge in [0.15, 0.2) is 0 Å². The van der Waals surface area contributed by atoms with Crippen LogP contribution >= 0.6 is 0 Å². The van der Waals surface area contributed by atoms with E-state index in [4.69, 9.17) is 10.5 Å². The smallest absolute Gasteiger partial charge is 0.120 e. The molecule has 1 saturated heterocycles. The van der Waals surface area contributed by atoms with Crippen LogP contribution in [0.4, 0.5) is 0 Å². The van der Waals surface area contributed by atoms with Crippen molar-refractivity contribution in [1.29, 1.82) is 0 Å². The molecule has 0 amide bonds. The average Bonchev–Trinajstić information content (AvgIpc) is 2.92. The summed E-state index contributed by atoms with van der Waals surface area (Å²) in [5.41, 5.74) is 8.43. The quantitative estimate of drug-likeness (QED) is 0.916. The Hall–Kier alpha value is -1.84. The van der Waals surface area contributed by atoms with E-state index in [1.807, 2.05) is 24.3 Å². The highest BCUT2D eigenvalue weighted by atomic mass is 16.5. The summed E-state index contributed by atoms with van der Waals surface area (Å²) in [6.07, 6.45) is 1.10. The number of ether oxygens (including phenoxy) is 1. The molecule has 3 heteroatoms. The molecule has 0 bridgehead atoms. The van der Waals surface area contributed by atoms with Gasteiger partial charge in [0.05, 0.1) is 0 Å². The molecule has 2 N–H and O–H groups in total. The lowest BCUT2D eigenvalue weighted by atomic mass is 10.2. The first-order valence-corrected chi connectivity index (χ1v) is 7.53. The predicted octanol–water partition coefficient (Wildman–Crippen LogP) is 2.80. The minimum atomic E-state index is 0.336. The molecule has 2 aromatic carbocycles. The second kappa shape index (κ2) is 6.74. The van der Waals surface area contributed by atoms with Gasteiger partial charge >= 0.3 is 0 Å². The third-order valence-corrected chi connectivity index (χ3v) is 3.86. The van der Waals surface area contributed by atoms with Crippen LogP contribution in [0.3, 0.4) is 0 Å². The molecule has 2 aromatic rings. The van der Waals surface area contributed by atoms with Crippen molar-refractivity contribution >= 4 is 0 Å². The zero-order valence-electron chi connectivity index (χ0n) is 12.2. The number of nitrogens with two attached hydrogens (primary N) is 1. The van der Waals surface area contributed by atoms with Gasteiger partial charge in [-0.2, -0.15) is 0 Å². The summed E-state index contributed by atoms with van der Waals surface area (Å²) >= 11 is 0. The zero-order valence-corrected chi connectivity index (χ0v) is 12.2. The molecule has 1 aliphatic heterocycles. The average molecular weight is 282 g/mol. The number of hydrogen-bond donors (Lipinski definition) is 1. The summed E-state index contributed by atoms with van der Waals surface area (Å²) in [5.74, 6) is 0.930. The first kappa shape index (κ1) is 14.1. The Morgan fingerprint density at radius 2 is 1.86 bits per heavy atom. The van der Waals surface area contributed by atoms with Crippen LogP contribution in [0.15, 0.2) is 54.6 Å². The maximum Gasteiger partial charge on any atom is 0.120 e. The van der Waals surface area contributed by atoms with Gasteiger partial charge in [0.1, 0.15) is 12.4 Å². The summed E-state index contributed by atoms with van der Waals surface area (Å²) in [4.78, 5) is 2.40. The lowest BCUT2D eigenvalue weighted by Gasteiger charge is -2.16. The molecule has 1 fully saturated rings. The van der Waals surface area contributed by atoms with Crippen LogP contribution in [0, 0.1) is 0 Å². The molecular weight excluding hydrogens is 260 g/mol. The molecular formula is C18H22N2O. The van der Waals surface area contributed by atoms with Crippen LogP contribution in [0.25, 0.3) is 0 Å². The Labute approximate surface area is 126 Å². The molecule has 0 aliphatic carbocycles. The third-order valence-electron chi connectivity index (χ3n) is 3.86. The maximum absolute atomic E-state index is 5.95. The molecule has 3 rings (SSSR count). The van der Waals surface area contributed by atoms with Gasteiger partial charge in [0.2, 0.25) is 0 Å². The number of hydrogen-bond acceptors (Lipinski definition) is 3. The van der Waals surface area contributed by atoms with E-state index < -0.39 is 0 Å². The fourth-order valence-corrected chi connectivity index (χ4v) is 2.74. The molecule has 0 spiro atoms. The summed E-state index contributed by atoms with van der Waals surface area (Å²) < 4.78 is 5.88. The van der Waals surface area contributed by atoms with Gasteiger partial charge in [-0.05, 0) is 29.7 Å². The van der Waals surface area contributed by atoms with Gasteiger partial charge < -0.3 is 10.5 Å². The van der Waals surface area contributed by atoms with Crippen molar-refractivity contribution in [3.63, 3.8) is 0 Å². The Morgan fingerprint density at radius 3 is 2.62 bits per heavy atom. The minimum Gasteiger partial charge on any atom is -0.489 e. The maximum atomic E-state index is 5.95. The summed E-state index contributed by atoms with van der Waals surface area (Å²) in [7, 11) is 0. The Bertz CT molecular complexity index is 570. The molecule has 1 heterocycles. The van der Waals surface area contributed by atoms with Crippen LogP contribution in [0.1, 0.15) is 17.5 Å². The Balaban J connectivity index is 1.58. The molecule has 0 aromatic heterocycles. The summed E-state index contributed by atoms with van der Waals surface area (Å²) in [6.45, 7) is 3.65. The van der Waals surface area contributed by atoms with E-state index in [0.717, 1.165) is 31.8 Å². The molecule has 110 valence electrons. The van der Waals surface area contributed by atoms with Gasteiger partial charge in [-0.25, -0.2) is 0 Å². The highest BCUT2D eigenvalue weighted by Crippen LogP contribution is 2.18. The van der Waals surface area contributed by atoms with Gasteiger partial charge in [0, 0.05) is 25.7 Å². The third kappa shape index (κ3) is 4.06.